The van der Waals surface area contributed by atoms with Gasteiger partial charge < -0.3 is 5.32 Å². The Bertz CT molecular complexity index is 320. The summed E-state index contributed by atoms with van der Waals surface area (Å²) in [5, 5.41) is 8.06. The van der Waals surface area contributed by atoms with Crippen LogP contribution in [0.15, 0.2) is 0 Å². The molecule has 0 bridgehead atoms. The van der Waals surface area contributed by atoms with Crippen molar-refractivity contribution in [3.05, 3.63) is 17.0 Å². The van der Waals surface area contributed by atoms with Gasteiger partial charge in [-0.25, -0.2) is 0 Å². The maximum Gasteiger partial charge on any atom is 0.0669 e. The number of nitrogens with zero attached hydrogens (tertiary/aromatic N) is 2. The Morgan fingerprint density at radius 2 is 2.06 bits per heavy atom. The van der Waals surface area contributed by atoms with Gasteiger partial charge in [-0.05, 0) is 19.1 Å². The summed E-state index contributed by atoms with van der Waals surface area (Å²) in [6, 6.07) is 0. The molecule has 1 heterocycles. The molecule has 4 heteroatoms. The number of nitrogens with one attached hydrogen (secondary N) is 1. The van der Waals surface area contributed by atoms with Crippen molar-refractivity contribution in [2.24, 2.45) is 7.05 Å². The quantitative estimate of drug-likeness (QED) is 0.741. The van der Waals surface area contributed by atoms with Gasteiger partial charge in [0, 0.05) is 37.1 Å². The number of hydrogen-bond acceptors (Lipinski definition) is 3. The maximum absolute atomic E-state index is 4.57. The van der Waals surface area contributed by atoms with Gasteiger partial charge >= 0.3 is 0 Å². The molecule has 0 atom stereocenters. The van der Waals surface area contributed by atoms with E-state index in [9.17, 15) is 0 Å². The Morgan fingerprint density at radius 3 is 2.62 bits per heavy atom. The van der Waals surface area contributed by atoms with Crippen LogP contribution < -0.4 is 5.32 Å². The molecule has 0 saturated carbocycles. The molecule has 0 unspecified atom stereocenters. The summed E-state index contributed by atoms with van der Waals surface area (Å²) in [7, 11) is 2.05. The van der Waals surface area contributed by atoms with E-state index in [4.69, 9.17) is 0 Å². The molecule has 1 aromatic rings. The number of aromatic nitrogens is 2. The van der Waals surface area contributed by atoms with E-state index in [0.29, 0.717) is 0 Å². The summed E-state index contributed by atoms with van der Waals surface area (Å²) in [4.78, 5) is 0. The lowest BCUT2D eigenvalue weighted by Crippen LogP contribution is -2.18. The molecule has 92 valence electrons. The summed E-state index contributed by atoms with van der Waals surface area (Å²) in [6.07, 6.45) is 4.22. The normalized spacial score (nSPS) is 11.0. The van der Waals surface area contributed by atoms with Crippen LogP contribution in [0.5, 0.6) is 0 Å². The molecule has 1 aromatic heterocycles. The first-order valence-electron chi connectivity index (χ1n) is 5.97. The second-order valence-electron chi connectivity index (χ2n) is 3.87. The van der Waals surface area contributed by atoms with Gasteiger partial charge in [-0.3, -0.25) is 4.68 Å². The van der Waals surface area contributed by atoms with Gasteiger partial charge in [0.25, 0.3) is 0 Å². The highest BCUT2D eigenvalue weighted by Gasteiger charge is 2.12. The van der Waals surface area contributed by atoms with Crippen molar-refractivity contribution in [2.45, 2.75) is 33.2 Å². The minimum atomic E-state index is 0.959. The van der Waals surface area contributed by atoms with E-state index in [-0.39, 0.29) is 0 Å². The second kappa shape index (κ2) is 6.97. The van der Waals surface area contributed by atoms with E-state index in [2.05, 4.69) is 30.5 Å². The zero-order valence-electron chi connectivity index (χ0n) is 10.8. The largest absolute Gasteiger partial charge is 0.312 e. The minimum Gasteiger partial charge on any atom is -0.312 e. The summed E-state index contributed by atoms with van der Waals surface area (Å²) in [5.74, 6) is 1.17. The summed E-state index contributed by atoms with van der Waals surface area (Å²) in [6.45, 7) is 6.40. The zero-order valence-corrected chi connectivity index (χ0v) is 11.7. The van der Waals surface area contributed by atoms with Gasteiger partial charge in [-0.15, -0.1) is 0 Å². The maximum atomic E-state index is 4.57. The third kappa shape index (κ3) is 3.25. The van der Waals surface area contributed by atoms with Crippen LogP contribution in [-0.2, 0) is 26.4 Å². The molecule has 0 radical (unpaired) electrons. The van der Waals surface area contributed by atoms with Crippen molar-refractivity contribution in [3.8, 4) is 0 Å². The first-order valence-corrected chi connectivity index (χ1v) is 7.37. The molecule has 0 aliphatic heterocycles. The zero-order chi connectivity index (χ0) is 12.0. The molecule has 0 aromatic carbocycles. The van der Waals surface area contributed by atoms with Gasteiger partial charge in [-0.1, -0.05) is 13.8 Å². The van der Waals surface area contributed by atoms with Crippen LogP contribution >= 0.6 is 11.8 Å². The predicted molar refractivity (Wildman–Crippen MR) is 72.1 cm³/mol. The van der Waals surface area contributed by atoms with Crippen LogP contribution in [0.1, 0.15) is 30.8 Å². The number of hydrogen-bond donors (Lipinski definition) is 1. The van der Waals surface area contributed by atoms with E-state index in [1.54, 1.807) is 0 Å². The van der Waals surface area contributed by atoms with Crippen LogP contribution in [-0.4, -0.2) is 28.3 Å². The second-order valence-corrected chi connectivity index (χ2v) is 4.86. The highest BCUT2D eigenvalue weighted by Crippen LogP contribution is 2.14. The molecular weight excluding hydrogens is 218 g/mol. The predicted octanol–water partition coefficient (Wildman–Crippen LogP) is 2.00. The molecule has 3 nitrogen and oxygen atoms in total. The van der Waals surface area contributed by atoms with Crippen LogP contribution in [0.4, 0.5) is 0 Å². The molecule has 0 fully saturated rings. The molecule has 0 aliphatic carbocycles. The third-order valence-corrected chi connectivity index (χ3v) is 3.42. The molecule has 16 heavy (non-hydrogen) atoms. The lowest BCUT2D eigenvalue weighted by atomic mass is 10.1. The lowest BCUT2D eigenvalue weighted by molar-refractivity contribution is 0.694. The van der Waals surface area contributed by atoms with Crippen molar-refractivity contribution < 1.29 is 0 Å². The van der Waals surface area contributed by atoms with E-state index in [0.717, 1.165) is 25.9 Å². The Morgan fingerprint density at radius 1 is 1.31 bits per heavy atom. The number of thioether (sulfide) groups is 1. The average molecular weight is 241 g/mol. The SMILES string of the molecule is CCc1nn(C)c(CC)c1CNCCSC. The summed E-state index contributed by atoms with van der Waals surface area (Å²) < 4.78 is 2.03. The molecule has 0 saturated heterocycles. The average Bonchev–Trinajstić information content (AvgIpc) is 2.60. The lowest BCUT2D eigenvalue weighted by Gasteiger charge is -2.06. The van der Waals surface area contributed by atoms with Crippen molar-refractivity contribution in [2.75, 3.05) is 18.6 Å². The third-order valence-electron chi connectivity index (χ3n) is 2.81. The first kappa shape index (κ1) is 13.6. The molecule has 0 aliphatic rings. The smallest absolute Gasteiger partial charge is 0.0669 e. The fourth-order valence-corrected chi connectivity index (χ4v) is 2.33. The fraction of sp³-hybridized carbons (Fsp3) is 0.750. The Kier molecular flexibility index (Phi) is 5.91. The van der Waals surface area contributed by atoms with Gasteiger partial charge in [0.1, 0.15) is 0 Å². The van der Waals surface area contributed by atoms with Crippen molar-refractivity contribution in [3.63, 3.8) is 0 Å². The fourth-order valence-electron chi connectivity index (χ4n) is 1.98. The van der Waals surface area contributed by atoms with Crippen LogP contribution in [0, 0.1) is 0 Å². The topological polar surface area (TPSA) is 29.9 Å². The first-order chi connectivity index (χ1) is 7.74. The van der Waals surface area contributed by atoms with Gasteiger partial charge in [0.05, 0.1) is 5.69 Å². The molecule has 1 rings (SSSR count). The van der Waals surface area contributed by atoms with Crippen molar-refractivity contribution in [1.82, 2.24) is 15.1 Å². The van der Waals surface area contributed by atoms with Crippen molar-refractivity contribution >= 4 is 11.8 Å². The Hall–Kier alpha value is -0.480. The molecule has 1 N–H and O–H groups in total. The van der Waals surface area contributed by atoms with Gasteiger partial charge in [-0.2, -0.15) is 16.9 Å². The standard InChI is InChI=1S/C12H23N3S/c1-5-11-10(9-13-7-8-16-4)12(6-2)15(3)14-11/h13H,5-9H2,1-4H3. The highest BCUT2D eigenvalue weighted by molar-refractivity contribution is 7.98. The number of aryl methyl sites for hydroxylation is 2. The van der Waals surface area contributed by atoms with Crippen LogP contribution in [0.2, 0.25) is 0 Å². The number of rotatable bonds is 7. The summed E-state index contributed by atoms with van der Waals surface area (Å²) in [5.41, 5.74) is 4.03. The van der Waals surface area contributed by atoms with E-state index < -0.39 is 0 Å². The van der Waals surface area contributed by atoms with Crippen molar-refractivity contribution in [1.29, 1.82) is 0 Å². The Balaban J connectivity index is 2.68. The van der Waals surface area contributed by atoms with E-state index in [1.165, 1.54) is 22.7 Å². The van der Waals surface area contributed by atoms with Gasteiger partial charge in [0.15, 0.2) is 0 Å². The molecule has 0 amide bonds. The molecule has 0 spiro atoms. The van der Waals surface area contributed by atoms with Gasteiger partial charge in [0.2, 0.25) is 0 Å². The van der Waals surface area contributed by atoms with Crippen LogP contribution in [0.25, 0.3) is 0 Å². The van der Waals surface area contributed by atoms with E-state index in [1.807, 2.05) is 23.5 Å². The van der Waals surface area contributed by atoms with E-state index >= 15 is 0 Å². The summed E-state index contributed by atoms with van der Waals surface area (Å²) >= 11 is 1.88. The minimum absolute atomic E-state index is 0.959. The molecular formula is C12H23N3S. The highest BCUT2D eigenvalue weighted by atomic mass is 32.2. The monoisotopic (exact) mass is 241 g/mol. The Labute approximate surface area is 103 Å². The van der Waals surface area contributed by atoms with Crippen LogP contribution in [0.3, 0.4) is 0 Å².